The smallest absolute Gasteiger partial charge is 0.269 e. The van der Waals surface area contributed by atoms with Crippen LogP contribution in [0.2, 0.25) is 0 Å². The minimum Gasteiger partial charge on any atom is -0.368 e. The summed E-state index contributed by atoms with van der Waals surface area (Å²) in [4.78, 5) is 24.4. The Bertz CT molecular complexity index is 862. The number of amides is 1. The zero-order chi connectivity index (χ0) is 15.0. The number of aromatic nitrogens is 1. The first-order valence-corrected chi connectivity index (χ1v) is 7.31. The third-order valence-corrected chi connectivity index (χ3v) is 4.54. The highest BCUT2D eigenvalue weighted by atomic mass is 32.1. The molecular formula is C16H14N2O2S. The van der Waals surface area contributed by atoms with Crippen molar-refractivity contribution in [2.45, 2.75) is 13.0 Å². The lowest BCUT2D eigenvalue weighted by Gasteiger charge is -2.14. The minimum atomic E-state index is -0.768. The zero-order valence-electron chi connectivity index (χ0n) is 11.4. The van der Waals surface area contributed by atoms with E-state index in [-0.39, 0.29) is 5.56 Å². The average molecular weight is 298 g/mol. The Morgan fingerprint density at radius 3 is 2.43 bits per heavy atom. The number of hydrogen-bond donors (Lipinski definition) is 1. The number of aryl methyl sites for hydroxylation is 1. The second kappa shape index (κ2) is 5.18. The van der Waals surface area contributed by atoms with Gasteiger partial charge < -0.3 is 5.73 Å². The number of primary amides is 1. The summed E-state index contributed by atoms with van der Waals surface area (Å²) in [5.74, 6) is -0.535. The molecular weight excluding hydrogens is 284 g/mol. The van der Waals surface area contributed by atoms with Crippen molar-refractivity contribution in [2.75, 3.05) is 0 Å². The first-order valence-electron chi connectivity index (χ1n) is 6.54. The van der Waals surface area contributed by atoms with Gasteiger partial charge in [0, 0.05) is 0 Å². The van der Waals surface area contributed by atoms with Crippen LogP contribution in [0.4, 0.5) is 0 Å². The molecule has 1 heterocycles. The summed E-state index contributed by atoms with van der Waals surface area (Å²) in [6, 6.07) is 14.0. The number of nitrogens with two attached hydrogens (primary N) is 1. The van der Waals surface area contributed by atoms with Crippen LogP contribution >= 0.6 is 11.5 Å². The number of benzene rings is 2. The maximum Gasteiger partial charge on any atom is 0.269 e. The first kappa shape index (κ1) is 13.6. The topological polar surface area (TPSA) is 65.1 Å². The van der Waals surface area contributed by atoms with Crippen LogP contribution in [-0.4, -0.2) is 9.86 Å². The molecule has 0 aliphatic heterocycles. The molecule has 0 saturated carbocycles. The average Bonchev–Trinajstić information content (AvgIpc) is 2.79. The van der Waals surface area contributed by atoms with Crippen molar-refractivity contribution in [2.24, 2.45) is 5.73 Å². The fraction of sp³-hybridized carbons (Fsp3) is 0.125. The number of carbonyl (C=O) groups excluding carboxylic acids is 1. The molecule has 2 N–H and O–H groups in total. The van der Waals surface area contributed by atoms with E-state index < -0.39 is 11.9 Å². The van der Waals surface area contributed by atoms with Gasteiger partial charge in [-0.3, -0.25) is 9.59 Å². The highest BCUT2D eigenvalue weighted by molar-refractivity contribution is 7.14. The third-order valence-electron chi connectivity index (χ3n) is 3.41. The van der Waals surface area contributed by atoms with Gasteiger partial charge in [0.05, 0.1) is 10.1 Å². The highest BCUT2D eigenvalue weighted by Crippen LogP contribution is 2.24. The number of nitrogens with zero attached hydrogens (tertiary/aromatic N) is 1. The Hall–Kier alpha value is -2.40. The van der Waals surface area contributed by atoms with Gasteiger partial charge in [-0.25, -0.2) is 3.96 Å². The van der Waals surface area contributed by atoms with Crippen molar-refractivity contribution in [3.05, 3.63) is 70.0 Å². The molecule has 3 aromatic rings. The summed E-state index contributed by atoms with van der Waals surface area (Å²) in [6.45, 7) is 1.97. The van der Waals surface area contributed by atoms with Crippen LogP contribution in [0.25, 0.3) is 10.1 Å². The molecule has 21 heavy (non-hydrogen) atoms. The highest BCUT2D eigenvalue weighted by Gasteiger charge is 2.23. The normalized spacial score (nSPS) is 12.4. The number of rotatable bonds is 3. The van der Waals surface area contributed by atoms with Crippen molar-refractivity contribution < 1.29 is 4.79 Å². The van der Waals surface area contributed by atoms with Crippen molar-refractivity contribution in [3.8, 4) is 0 Å². The van der Waals surface area contributed by atoms with Gasteiger partial charge in [0.2, 0.25) is 5.91 Å². The van der Waals surface area contributed by atoms with Gasteiger partial charge in [-0.05, 0) is 24.6 Å². The fourth-order valence-corrected chi connectivity index (χ4v) is 3.44. The summed E-state index contributed by atoms with van der Waals surface area (Å²) in [5.41, 5.74) is 7.17. The minimum absolute atomic E-state index is 0.181. The van der Waals surface area contributed by atoms with Crippen molar-refractivity contribution in [1.29, 1.82) is 0 Å². The van der Waals surface area contributed by atoms with E-state index in [2.05, 4.69) is 0 Å². The number of fused-ring (bicyclic) bond motifs is 1. The van der Waals surface area contributed by atoms with E-state index >= 15 is 0 Å². The fourth-order valence-electron chi connectivity index (χ4n) is 2.32. The molecule has 4 nitrogen and oxygen atoms in total. The molecule has 0 bridgehead atoms. The van der Waals surface area contributed by atoms with Gasteiger partial charge in [0.25, 0.3) is 5.56 Å². The zero-order valence-corrected chi connectivity index (χ0v) is 12.3. The predicted molar refractivity (Wildman–Crippen MR) is 84.6 cm³/mol. The number of carbonyl (C=O) groups is 1. The lowest BCUT2D eigenvalue weighted by Crippen LogP contribution is -2.31. The second-order valence-corrected chi connectivity index (χ2v) is 5.95. The molecule has 0 aliphatic carbocycles. The summed E-state index contributed by atoms with van der Waals surface area (Å²) in [5, 5.41) is 0.612. The molecule has 1 amide bonds. The lowest BCUT2D eigenvalue weighted by atomic mass is 10.1. The standard InChI is InChI=1S/C16H14N2O2S/c1-10-6-8-11(9-7-10)14(15(17)19)18-16(20)12-4-2-3-5-13(12)21-18/h2-9,14H,1H3,(H2,17,19). The molecule has 1 atom stereocenters. The lowest BCUT2D eigenvalue weighted by molar-refractivity contribution is -0.119. The van der Waals surface area contributed by atoms with Crippen LogP contribution in [0, 0.1) is 6.92 Å². The summed E-state index contributed by atoms with van der Waals surface area (Å²) in [7, 11) is 0. The van der Waals surface area contributed by atoms with Gasteiger partial charge in [0.1, 0.15) is 0 Å². The van der Waals surface area contributed by atoms with Crippen molar-refractivity contribution in [1.82, 2.24) is 3.96 Å². The summed E-state index contributed by atoms with van der Waals surface area (Å²) in [6.07, 6.45) is 0. The van der Waals surface area contributed by atoms with E-state index in [4.69, 9.17) is 5.73 Å². The quantitative estimate of drug-likeness (QED) is 0.807. The van der Waals surface area contributed by atoms with Gasteiger partial charge in [-0.2, -0.15) is 0 Å². The van der Waals surface area contributed by atoms with Crippen LogP contribution in [0.3, 0.4) is 0 Å². The van der Waals surface area contributed by atoms with Crippen LogP contribution in [-0.2, 0) is 4.79 Å². The maximum atomic E-state index is 12.5. The number of hydrogen-bond acceptors (Lipinski definition) is 3. The molecule has 0 aliphatic rings. The Morgan fingerprint density at radius 1 is 1.14 bits per heavy atom. The SMILES string of the molecule is Cc1ccc(C(C(N)=O)n2sc3ccccc3c2=O)cc1. The summed E-state index contributed by atoms with van der Waals surface area (Å²) < 4.78 is 2.30. The Kier molecular flexibility index (Phi) is 3.35. The second-order valence-electron chi connectivity index (χ2n) is 4.93. The van der Waals surface area contributed by atoms with E-state index in [1.165, 1.54) is 15.5 Å². The monoisotopic (exact) mass is 298 g/mol. The molecule has 0 spiro atoms. The van der Waals surface area contributed by atoms with Gasteiger partial charge in [0.15, 0.2) is 6.04 Å². The van der Waals surface area contributed by atoms with Crippen molar-refractivity contribution >= 4 is 27.5 Å². The van der Waals surface area contributed by atoms with Gasteiger partial charge >= 0.3 is 0 Å². The van der Waals surface area contributed by atoms with Crippen LogP contribution in [0.5, 0.6) is 0 Å². The molecule has 0 radical (unpaired) electrons. The van der Waals surface area contributed by atoms with E-state index in [9.17, 15) is 9.59 Å². The Balaban J connectivity index is 2.20. The van der Waals surface area contributed by atoms with Crippen molar-refractivity contribution in [3.63, 3.8) is 0 Å². The summed E-state index contributed by atoms with van der Waals surface area (Å²) >= 11 is 1.26. The van der Waals surface area contributed by atoms with E-state index in [1.807, 2.05) is 49.4 Å². The molecule has 106 valence electrons. The van der Waals surface area contributed by atoms with Gasteiger partial charge in [-0.1, -0.05) is 53.5 Å². The van der Waals surface area contributed by atoms with Crippen LogP contribution in [0.15, 0.2) is 53.3 Å². The molecule has 5 heteroatoms. The molecule has 1 aromatic heterocycles. The predicted octanol–water partition coefficient (Wildman–Crippen LogP) is 2.45. The molecule has 1 unspecified atom stereocenters. The Morgan fingerprint density at radius 2 is 1.81 bits per heavy atom. The van der Waals surface area contributed by atoms with Gasteiger partial charge in [-0.15, -0.1) is 0 Å². The van der Waals surface area contributed by atoms with E-state index in [0.29, 0.717) is 5.39 Å². The maximum absolute atomic E-state index is 12.5. The third kappa shape index (κ3) is 2.36. The molecule has 2 aromatic carbocycles. The molecule has 0 saturated heterocycles. The van der Waals surface area contributed by atoms with Crippen LogP contribution in [0.1, 0.15) is 17.2 Å². The van der Waals surface area contributed by atoms with E-state index in [1.54, 1.807) is 6.07 Å². The molecule has 0 fully saturated rings. The Labute approximate surface area is 125 Å². The van der Waals surface area contributed by atoms with Crippen LogP contribution < -0.4 is 11.3 Å². The van der Waals surface area contributed by atoms with E-state index in [0.717, 1.165) is 15.8 Å². The first-order chi connectivity index (χ1) is 10.1. The largest absolute Gasteiger partial charge is 0.368 e. The molecule has 3 rings (SSSR count).